The third-order valence-corrected chi connectivity index (χ3v) is 5.48. The van der Waals surface area contributed by atoms with E-state index in [2.05, 4.69) is 26.4 Å². The Bertz CT molecular complexity index is 998. The van der Waals surface area contributed by atoms with E-state index in [0.29, 0.717) is 12.1 Å². The number of amides is 1. The minimum absolute atomic E-state index is 0.0169. The average molecular weight is 435 g/mol. The zero-order valence-corrected chi connectivity index (χ0v) is 19.8. The molecule has 1 aliphatic heterocycles. The molecule has 1 N–H and O–H groups in total. The second-order valence-corrected chi connectivity index (χ2v) is 8.40. The van der Waals surface area contributed by atoms with Crippen molar-refractivity contribution in [2.75, 3.05) is 53.1 Å². The van der Waals surface area contributed by atoms with Gasteiger partial charge in [-0.3, -0.25) is 14.8 Å². The fourth-order valence-corrected chi connectivity index (χ4v) is 3.62. The molecule has 2 heterocycles. The standard InChI is InChI=1S/C25H34N6O/c1-19-8-6-9-21(28-19)18-27-31-13-7-10-22(31)16-20-11-12-24(26-2)23(17-20)25(32)30(5)15-14-29(3)4/h6,8-9,11-12,16-18,26H,7,10,13-15H2,1-5H3/b22-16+,27-18+. The highest BCUT2D eigenvalue weighted by Crippen LogP contribution is 2.26. The minimum Gasteiger partial charge on any atom is -0.387 e. The lowest BCUT2D eigenvalue weighted by Crippen LogP contribution is -2.33. The van der Waals surface area contributed by atoms with E-state index in [1.54, 1.807) is 4.90 Å². The molecule has 1 saturated heterocycles. The largest absolute Gasteiger partial charge is 0.387 e. The van der Waals surface area contributed by atoms with Crippen LogP contribution in [-0.2, 0) is 0 Å². The van der Waals surface area contributed by atoms with Gasteiger partial charge in [-0.2, -0.15) is 5.10 Å². The fraction of sp³-hybridized carbons (Fsp3) is 0.400. The summed E-state index contributed by atoms with van der Waals surface area (Å²) in [4.78, 5) is 21.4. The van der Waals surface area contributed by atoms with Crippen molar-refractivity contribution in [3.05, 3.63) is 64.6 Å². The molecule has 7 heteroatoms. The Hall–Kier alpha value is -3.19. The first kappa shape index (κ1) is 23.5. The Labute approximate surface area is 191 Å². The van der Waals surface area contributed by atoms with Gasteiger partial charge in [-0.1, -0.05) is 12.1 Å². The Morgan fingerprint density at radius 2 is 2.03 bits per heavy atom. The highest BCUT2D eigenvalue weighted by atomic mass is 16.2. The highest BCUT2D eigenvalue weighted by molar-refractivity contribution is 6.00. The van der Waals surface area contributed by atoms with Gasteiger partial charge >= 0.3 is 0 Å². The summed E-state index contributed by atoms with van der Waals surface area (Å²) in [5, 5.41) is 9.84. The second-order valence-electron chi connectivity index (χ2n) is 8.40. The molecule has 0 radical (unpaired) electrons. The summed E-state index contributed by atoms with van der Waals surface area (Å²) >= 11 is 0. The van der Waals surface area contributed by atoms with Gasteiger partial charge in [0.2, 0.25) is 0 Å². The Morgan fingerprint density at radius 3 is 2.75 bits per heavy atom. The number of pyridine rings is 1. The van der Waals surface area contributed by atoms with Crippen molar-refractivity contribution in [3.63, 3.8) is 0 Å². The predicted molar refractivity (Wildman–Crippen MR) is 132 cm³/mol. The molecule has 1 amide bonds. The van der Waals surface area contributed by atoms with Crippen LogP contribution in [-0.4, -0.2) is 79.7 Å². The van der Waals surface area contributed by atoms with E-state index in [1.165, 1.54) is 0 Å². The summed E-state index contributed by atoms with van der Waals surface area (Å²) in [6.45, 7) is 4.35. The maximum Gasteiger partial charge on any atom is 0.255 e. The molecule has 0 atom stereocenters. The summed E-state index contributed by atoms with van der Waals surface area (Å²) in [5.74, 6) is 0.0169. The van der Waals surface area contributed by atoms with Gasteiger partial charge in [-0.05, 0) is 69.8 Å². The number of hydrogen-bond acceptors (Lipinski definition) is 6. The Balaban J connectivity index is 1.81. The second kappa shape index (κ2) is 10.9. The number of allylic oxidation sites excluding steroid dienone is 1. The van der Waals surface area contributed by atoms with Crippen LogP contribution in [0, 0.1) is 6.92 Å². The monoisotopic (exact) mass is 434 g/mol. The first-order valence-corrected chi connectivity index (χ1v) is 11.0. The van der Waals surface area contributed by atoms with Crippen molar-refractivity contribution in [2.45, 2.75) is 19.8 Å². The number of nitrogens with zero attached hydrogens (tertiary/aromatic N) is 5. The molecule has 3 rings (SSSR count). The highest BCUT2D eigenvalue weighted by Gasteiger charge is 2.18. The third-order valence-electron chi connectivity index (χ3n) is 5.48. The van der Waals surface area contributed by atoms with Crippen LogP contribution in [0.4, 0.5) is 5.69 Å². The van der Waals surface area contributed by atoms with E-state index in [1.807, 2.05) is 82.7 Å². The van der Waals surface area contributed by atoms with E-state index >= 15 is 0 Å². The third kappa shape index (κ3) is 6.17. The van der Waals surface area contributed by atoms with E-state index in [9.17, 15) is 4.79 Å². The molecule has 1 aliphatic rings. The first-order valence-electron chi connectivity index (χ1n) is 11.0. The molecular formula is C25H34N6O. The zero-order chi connectivity index (χ0) is 23.1. The first-order chi connectivity index (χ1) is 15.4. The summed E-state index contributed by atoms with van der Waals surface area (Å²) in [7, 11) is 7.71. The number of hydrogen-bond donors (Lipinski definition) is 1. The smallest absolute Gasteiger partial charge is 0.255 e. The number of hydrazone groups is 1. The van der Waals surface area contributed by atoms with Gasteiger partial charge in [0.05, 0.1) is 17.5 Å². The molecule has 7 nitrogen and oxygen atoms in total. The van der Waals surface area contributed by atoms with Gasteiger partial charge in [0, 0.05) is 50.8 Å². The Kier molecular flexibility index (Phi) is 8.00. The van der Waals surface area contributed by atoms with Gasteiger partial charge in [-0.15, -0.1) is 0 Å². The normalized spacial score (nSPS) is 15.2. The number of likely N-dealkylation sites (N-methyl/N-ethyl adjacent to an activating group) is 2. The number of benzene rings is 1. The molecule has 0 bridgehead atoms. The average Bonchev–Trinajstić information content (AvgIpc) is 3.22. The minimum atomic E-state index is 0.0169. The van der Waals surface area contributed by atoms with E-state index in [0.717, 1.165) is 54.3 Å². The van der Waals surface area contributed by atoms with Crippen molar-refractivity contribution in [1.29, 1.82) is 0 Å². The number of aryl methyl sites for hydroxylation is 1. The maximum absolute atomic E-state index is 13.1. The van der Waals surface area contributed by atoms with Crippen LogP contribution in [0.15, 0.2) is 47.2 Å². The molecule has 2 aromatic rings. The topological polar surface area (TPSA) is 64.1 Å². The summed E-state index contributed by atoms with van der Waals surface area (Å²) in [6.07, 6.45) is 5.95. The van der Waals surface area contributed by atoms with Gasteiger partial charge < -0.3 is 15.1 Å². The lowest BCUT2D eigenvalue weighted by Gasteiger charge is -2.21. The molecular weight excluding hydrogens is 400 g/mol. The molecule has 0 unspecified atom stereocenters. The van der Waals surface area contributed by atoms with Crippen LogP contribution in [0.5, 0.6) is 0 Å². The van der Waals surface area contributed by atoms with Crippen LogP contribution in [0.2, 0.25) is 0 Å². The number of nitrogens with one attached hydrogen (secondary N) is 1. The van der Waals surface area contributed by atoms with Crippen molar-refractivity contribution >= 4 is 23.9 Å². The molecule has 1 aromatic carbocycles. The quantitative estimate of drug-likeness (QED) is 0.644. The summed E-state index contributed by atoms with van der Waals surface area (Å²) in [6, 6.07) is 11.9. The maximum atomic E-state index is 13.1. The molecule has 1 aromatic heterocycles. The molecule has 32 heavy (non-hydrogen) atoms. The predicted octanol–water partition coefficient (Wildman–Crippen LogP) is 3.54. The zero-order valence-electron chi connectivity index (χ0n) is 19.8. The fourth-order valence-electron chi connectivity index (χ4n) is 3.62. The number of carbonyl (C=O) groups is 1. The van der Waals surface area contributed by atoms with Crippen molar-refractivity contribution in [3.8, 4) is 0 Å². The summed E-state index contributed by atoms with van der Waals surface area (Å²) < 4.78 is 0. The van der Waals surface area contributed by atoms with Crippen LogP contribution in [0.25, 0.3) is 6.08 Å². The van der Waals surface area contributed by atoms with Gasteiger partial charge in [0.25, 0.3) is 5.91 Å². The molecule has 1 fully saturated rings. The number of carbonyl (C=O) groups excluding carboxylic acids is 1. The number of aromatic nitrogens is 1. The Morgan fingerprint density at radius 1 is 1.22 bits per heavy atom. The van der Waals surface area contributed by atoms with Crippen molar-refractivity contribution in [2.24, 2.45) is 5.10 Å². The lowest BCUT2D eigenvalue weighted by molar-refractivity contribution is 0.0787. The van der Waals surface area contributed by atoms with Crippen LogP contribution in [0.3, 0.4) is 0 Å². The van der Waals surface area contributed by atoms with Crippen molar-refractivity contribution in [1.82, 2.24) is 19.8 Å². The van der Waals surface area contributed by atoms with Gasteiger partial charge in [-0.25, -0.2) is 0 Å². The van der Waals surface area contributed by atoms with Gasteiger partial charge in [0.15, 0.2) is 0 Å². The van der Waals surface area contributed by atoms with Crippen LogP contribution in [0.1, 0.15) is 40.2 Å². The van der Waals surface area contributed by atoms with Gasteiger partial charge in [0.1, 0.15) is 0 Å². The molecule has 0 saturated carbocycles. The van der Waals surface area contributed by atoms with Crippen molar-refractivity contribution < 1.29 is 4.79 Å². The number of rotatable bonds is 8. The molecule has 0 spiro atoms. The van der Waals surface area contributed by atoms with Crippen LogP contribution < -0.4 is 5.32 Å². The summed E-state index contributed by atoms with van der Waals surface area (Å²) in [5.41, 5.74) is 5.48. The van der Waals surface area contributed by atoms with E-state index in [4.69, 9.17) is 0 Å². The SMILES string of the molecule is CNc1ccc(/C=C2\CCCN2/N=C/c2cccc(C)n2)cc1C(=O)N(C)CCN(C)C. The number of anilines is 1. The molecule has 0 aliphatic carbocycles. The van der Waals surface area contributed by atoms with E-state index < -0.39 is 0 Å². The van der Waals surface area contributed by atoms with E-state index in [-0.39, 0.29) is 5.91 Å². The lowest BCUT2D eigenvalue weighted by atomic mass is 10.1. The molecule has 170 valence electrons. The van der Waals surface area contributed by atoms with Crippen LogP contribution >= 0.6 is 0 Å².